The summed E-state index contributed by atoms with van der Waals surface area (Å²) >= 11 is 0. The lowest BCUT2D eigenvalue weighted by molar-refractivity contribution is -0.384. The molecule has 18 heavy (non-hydrogen) atoms. The summed E-state index contributed by atoms with van der Waals surface area (Å²) in [6.07, 6.45) is 3.29. The van der Waals surface area contributed by atoms with E-state index in [4.69, 9.17) is 5.73 Å². The maximum atomic E-state index is 11.0. The van der Waals surface area contributed by atoms with Crippen LogP contribution in [0.2, 0.25) is 0 Å². The van der Waals surface area contributed by atoms with Gasteiger partial charge in [0.2, 0.25) is 5.82 Å². The normalized spacial score (nSPS) is 24.3. The zero-order chi connectivity index (χ0) is 13.3. The van der Waals surface area contributed by atoms with Crippen molar-refractivity contribution in [3.63, 3.8) is 0 Å². The van der Waals surface area contributed by atoms with Crippen LogP contribution in [0.1, 0.15) is 19.8 Å². The molecule has 0 spiro atoms. The number of aryl methyl sites for hydroxylation is 1. The van der Waals surface area contributed by atoms with E-state index >= 15 is 0 Å². The highest BCUT2D eigenvalue weighted by Crippen LogP contribution is 2.30. The third-order valence-electron chi connectivity index (χ3n) is 3.60. The van der Waals surface area contributed by atoms with Crippen molar-refractivity contribution < 1.29 is 4.92 Å². The van der Waals surface area contributed by atoms with Crippen molar-refractivity contribution in [1.29, 1.82) is 0 Å². The van der Waals surface area contributed by atoms with Crippen LogP contribution in [0.4, 0.5) is 11.5 Å². The van der Waals surface area contributed by atoms with E-state index in [-0.39, 0.29) is 16.7 Å². The number of piperidine rings is 1. The molecule has 0 aliphatic carbocycles. The molecule has 2 heterocycles. The second-order valence-electron chi connectivity index (χ2n) is 4.84. The molecule has 1 saturated heterocycles. The number of nitro groups is 1. The van der Waals surface area contributed by atoms with Gasteiger partial charge in [0.05, 0.1) is 4.92 Å². The van der Waals surface area contributed by atoms with Crippen LogP contribution >= 0.6 is 0 Å². The fourth-order valence-electron chi connectivity index (χ4n) is 2.49. The maximum absolute atomic E-state index is 11.0. The standard InChI is InChI=1S/C11H19N5O2/c1-3-8-6-15(5-4-9(8)12)11-10(16(17)18)7-14(2)13-11/h7-9H,3-6,12H2,1-2H3. The zero-order valence-corrected chi connectivity index (χ0v) is 10.7. The van der Waals surface area contributed by atoms with Crippen molar-refractivity contribution in [1.82, 2.24) is 9.78 Å². The molecule has 1 aromatic rings. The van der Waals surface area contributed by atoms with Crippen molar-refractivity contribution in [2.75, 3.05) is 18.0 Å². The Balaban J connectivity index is 2.24. The molecule has 7 nitrogen and oxygen atoms in total. The highest BCUT2D eigenvalue weighted by Gasteiger charge is 2.31. The average molecular weight is 253 g/mol. The van der Waals surface area contributed by atoms with Crippen LogP contribution in [-0.2, 0) is 7.05 Å². The molecule has 100 valence electrons. The van der Waals surface area contributed by atoms with Gasteiger partial charge >= 0.3 is 5.69 Å². The van der Waals surface area contributed by atoms with Gasteiger partial charge in [0.25, 0.3) is 0 Å². The number of nitrogens with zero attached hydrogens (tertiary/aromatic N) is 4. The maximum Gasteiger partial charge on any atom is 0.330 e. The summed E-state index contributed by atoms with van der Waals surface area (Å²) in [6, 6.07) is 0.189. The van der Waals surface area contributed by atoms with E-state index in [0.717, 1.165) is 25.9 Å². The summed E-state index contributed by atoms with van der Waals surface area (Å²) in [5.41, 5.74) is 6.12. The molecule has 7 heteroatoms. The molecule has 0 aromatic carbocycles. The smallest absolute Gasteiger partial charge is 0.330 e. The molecule has 1 aliphatic rings. The molecular weight excluding hydrogens is 234 g/mol. The van der Waals surface area contributed by atoms with E-state index in [1.165, 1.54) is 10.9 Å². The van der Waals surface area contributed by atoms with Gasteiger partial charge in [0, 0.05) is 26.2 Å². The molecule has 1 aliphatic heterocycles. The van der Waals surface area contributed by atoms with Gasteiger partial charge in [0.1, 0.15) is 6.20 Å². The summed E-state index contributed by atoms with van der Waals surface area (Å²) in [6.45, 7) is 3.58. The van der Waals surface area contributed by atoms with Gasteiger partial charge in [-0.25, -0.2) is 0 Å². The lowest BCUT2D eigenvalue weighted by atomic mass is 9.91. The van der Waals surface area contributed by atoms with Crippen molar-refractivity contribution in [3.05, 3.63) is 16.3 Å². The molecular formula is C11H19N5O2. The molecule has 2 unspecified atom stereocenters. The Morgan fingerprint density at radius 3 is 3.00 bits per heavy atom. The molecule has 0 amide bonds. The van der Waals surface area contributed by atoms with E-state index in [0.29, 0.717) is 11.7 Å². The lowest BCUT2D eigenvalue weighted by Crippen LogP contribution is -2.47. The van der Waals surface area contributed by atoms with E-state index in [9.17, 15) is 10.1 Å². The van der Waals surface area contributed by atoms with Crippen molar-refractivity contribution in [2.45, 2.75) is 25.8 Å². The minimum atomic E-state index is -0.377. The summed E-state index contributed by atoms with van der Waals surface area (Å²) in [7, 11) is 1.70. The van der Waals surface area contributed by atoms with E-state index in [2.05, 4.69) is 12.0 Å². The highest BCUT2D eigenvalue weighted by molar-refractivity contribution is 5.57. The van der Waals surface area contributed by atoms with Crippen molar-refractivity contribution in [2.24, 2.45) is 18.7 Å². The Morgan fingerprint density at radius 1 is 1.67 bits per heavy atom. The van der Waals surface area contributed by atoms with Crippen molar-refractivity contribution >= 4 is 11.5 Å². The van der Waals surface area contributed by atoms with E-state index in [1.54, 1.807) is 7.05 Å². The minimum absolute atomic E-state index is 0.0721. The highest BCUT2D eigenvalue weighted by atomic mass is 16.6. The van der Waals surface area contributed by atoms with Crippen molar-refractivity contribution in [3.8, 4) is 0 Å². The first-order valence-corrected chi connectivity index (χ1v) is 6.21. The zero-order valence-electron chi connectivity index (χ0n) is 10.7. The van der Waals surface area contributed by atoms with Gasteiger partial charge in [-0.3, -0.25) is 14.8 Å². The summed E-state index contributed by atoms with van der Waals surface area (Å²) in [4.78, 5) is 12.6. The monoisotopic (exact) mass is 253 g/mol. The number of rotatable bonds is 3. The Labute approximate surface area is 106 Å². The van der Waals surface area contributed by atoms with Gasteiger partial charge in [0.15, 0.2) is 0 Å². The molecule has 2 atom stereocenters. The van der Waals surface area contributed by atoms with Gasteiger partial charge < -0.3 is 10.6 Å². The Kier molecular flexibility index (Phi) is 3.51. The van der Waals surface area contributed by atoms with Gasteiger partial charge in [-0.05, 0) is 12.3 Å². The summed E-state index contributed by atoms with van der Waals surface area (Å²) in [5.74, 6) is 0.841. The summed E-state index contributed by atoms with van der Waals surface area (Å²) < 4.78 is 1.49. The lowest BCUT2D eigenvalue weighted by Gasteiger charge is -2.36. The first-order valence-electron chi connectivity index (χ1n) is 6.21. The Hall–Kier alpha value is -1.63. The molecule has 0 radical (unpaired) electrons. The third kappa shape index (κ3) is 2.31. The van der Waals surface area contributed by atoms with Crippen LogP contribution < -0.4 is 10.6 Å². The molecule has 0 saturated carbocycles. The van der Waals surface area contributed by atoms with Crippen LogP contribution in [-0.4, -0.2) is 33.8 Å². The van der Waals surface area contributed by atoms with Crippen LogP contribution in [0, 0.1) is 16.0 Å². The first-order chi connectivity index (χ1) is 8.52. The van der Waals surface area contributed by atoms with Crippen LogP contribution in [0.5, 0.6) is 0 Å². The van der Waals surface area contributed by atoms with E-state index in [1.807, 2.05) is 4.90 Å². The van der Waals surface area contributed by atoms with Gasteiger partial charge in [-0.1, -0.05) is 13.3 Å². The number of aromatic nitrogens is 2. The SMILES string of the molecule is CCC1CN(c2nn(C)cc2[N+](=O)[O-])CCC1N. The minimum Gasteiger partial charge on any atom is -0.349 e. The third-order valence-corrected chi connectivity index (χ3v) is 3.60. The number of nitrogens with two attached hydrogens (primary N) is 1. The fourth-order valence-corrected chi connectivity index (χ4v) is 2.49. The molecule has 1 fully saturated rings. The predicted molar refractivity (Wildman–Crippen MR) is 68.4 cm³/mol. The fraction of sp³-hybridized carbons (Fsp3) is 0.727. The molecule has 0 bridgehead atoms. The topological polar surface area (TPSA) is 90.2 Å². The second-order valence-corrected chi connectivity index (χ2v) is 4.84. The second kappa shape index (κ2) is 4.93. The number of anilines is 1. The Morgan fingerprint density at radius 2 is 2.39 bits per heavy atom. The number of hydrogen-bond donors (Lipinski definition) is 1. The van der Waals surface area contributed by atoms with E-state index < -0.39 is 0 Å². The predicted octanol–water partition coefficient (Wildman–Crippen LogP) is 0.892. The Bertz CT molecular complexity index is 445. The molecule has 2 N–H and O–H groups in total. The molecule has 2 rings (SSSR count). The van der Waals surface area contributed by atoms with Crippen LogP contribution in [0.3, 0.4) is 0 Å². The first kappa shape index (κ1) is 12.8. The van der Waals surface area contributed by atoms with Gasteiger partial charge in [-0.15, -0.1) is 5.10 Å². The molecule has 1 aromatic heterocycles. The quantitative estimate of drug-likeness (QED) is 0.638. The van der Waals surface area contributed by atoms with Gasteiger partial charge in [-0.2, -0.15) is 0 Å². The van der Waals surface area contributed by atoms with Crippen LogP contribution in [0.25, 0.3) is 0 Å². The van der Waals surface area contributed by atoms with Crippen LogP contribution in [0.15, 0.2) is 6.20 Å². The average Bonchev–Trinajstić information content (AvgIpc) is 2.72. The number of hydrogen-bond acceptors (Lipinski definition) is 5. The summed E-state index contributed by atoms with van der Waals surface area (Å²) in [5, 5.41) is 15.2. The largest absolute Gasteiger partial charge is 0.349 e.